The van der Waals surface area contributed by atoms with E-state index in [1.54, 1.807) is 6.07 Å². The summed E-state index contributed by atoms with van der Waals surface area (Å²) >= 11 is 0. The van der Waals surface area contributed by atoms with Gasteiger partial charge in [0.15, 0.2) is 0 Å². The average Bonchev–Trinajstić information content (AvgIpc) is 2.61. The molecule has 1 fully saturated rings. The first-order valence-electron chi connectivity index (χ1n) is 4.63. The highest BCUT2D eigenvalue weighted by molar-refractivity contribution is 5.85. The van der Waals surface area contributed by atoms with E-state index in [2.05, 4.69) is 10.3 Å². The molecule has 0 aromatic carbocycles. The summed E-state index contributed by atoms with van der Waals surface area (Å²) < 4.78 is 12.9. The second-order valence-electron chi connectivity index (χ2n) is 3.48. The Bertz CT molecular complexity index is 314. The Hall–Kier alpha value is -0.380. The van der Waals surface area contributed by atoms with Crippen molar-refractivity contribution in [3.63, 3.8) is 0 Å². The lowest BCUT2D eigenvalue weighted by Gasteiger charge is -2.12. The van der Waals surface area contributed by atoms with Crippen molar-refractivity contribution in [2.24, 2.45) is 0 Å². The molecule has 1 aromatic rings. The van der Waals surface area contributed by atoms with E-state index in [4.69, 9.17) is 0 Å². The van der Waals surface area contributed by atoms with Gasteiger partial charge < -0.3 is 5.32 Å². The van der Waals surface area contributed by atoms with E-state index in [9.17, 15) is 4.39 Å². The topological polar surface area (TPSA) is 24.9 Å². The molecular formula is C10H15Cl2FN2. The molecule has 1 atom stereocenters. The SMILES string of the molecule is Cc1ncc(F)cc1[C@H]1CCCN1.Cl.Cl. The number of halogens is 3. The molecule has 2 rings (SSSR count). The van der Waals surface area contributed by atoms with Crippen LogP contribution in [0.4, 0.5) is 4.39 Å². The predicted molar refractivity (Wildman–Crippen MR) is 63.4 cm³/mol. The molecule has 0 saturated carbocycles. The van der Waals surface area contributed by atoms with Crippen LogP contribution in [-0.4, -0.2) is 11.5 Å². The van der Waals surface area contributed by atoms with Gasteiger partial charge in [-0.15, -0.1) is 24.8 Å². The first-order valence-corrected chi connectivity index (χ1v) is 4.63. The molecule has 2 heterocycles. The Labute approximate surface area is 101 Å². The van der Waals surface area contributed by atoms with Gasteiger partial charge in [-0.05, 0) is 37.9 Å². The highest BCUT2D eigenvalue weighted by Crippen LogP contribution is 2.24. The largest absolute Gasteiger partial charge is 0.310 e. The zero-order valence-electron chi connectivity index (χ0n) is 8.50. The monoisotopic (exact) mass is 252 g/mol. The van der Waals surface area contributed by atoms with Gasteiger partial charge in [-0.25, -0.2) is 4.39 Å². The summed E-state index contributed by atoms with van der Waals surface area (Å²) in [7, 11) is 0. The highest BCUT2D eigenvalue weighted by atomic mass is 35.5. The smallest absolute Gasteiger partial charge is 0.141 e. The maximum absolute atomic E-state index is 12.9. The zero-order valence-corrected chi connectivity index (χ0v) is 10.1. The average molecular weight is 253 g/mol. The van der Waals surface area contributed by atoms with Crippen LogP contribution < -0.4 is 5.32 Å². The Balaban J connectivity index is 0.000000980. The summed E-state index contributed by atoms with van der Waals surface area (Å²) in [5, 5.41) is 3.33. The van der Waals surface area contributed by atoms with E-state index < -0.39 is 0 Å². The van der Waals surface area contributed by atoms with Crippen LogP contribution in [-0.2, 0) is 0 Å². The van der Waals surface area contributed by atoms with Crippen molar-refractivity contribution in [1.29, 1.82) is 0 Å². The summed E-state index contributed by atoms with van der Waals surface area (Å²) in [6.45, 7) is 2.95. The van der Waals surface area contributed by atoms with Crippen LogP contribution in [0.5, 0.6) is 0 Å². The van der Waals surface area contributed by atoms with Crippen molar-refractivity contribution < 1.29 is 4.39 Å². The number of hydrogen-bond acceptors (Lipinski definition) is 2. The third-order valence-corrected chi connectivity index (χ3v) is 2.53. The first kappa shape index (κ1) is 14.6. The number of rotatable bonds is 1. The molecule has 1 saturated heterocycles. The second kappa shape index (κ2) is 6.26. The van der Waals surface area contributed by atoms with Gasteiger partial charge in [-0.3, -0.25) is 4.98 Å². The van der Waals surface area contributed by atoms with E-state index in [-0.39, 0.29) is 30.6 Å². The molecule has 0 amide bonds. The number of pyridine rings is 1. The van der Waals surface area contributed by atoms with Gasteiger partial charge in [0.05, 0.1) is 6.20 Å². The van der Waals surface area contributed by atoms with Crippen LogP contribution in [0.2, 0.25) is 0 Å². The third kappa shape index (κ3) is 3.30. The fourth-order valence-corrected chi connectivity index (χ4v) is 1.83. The van der Waals surface area contributed by atoms with Crippen molar-refractivity contribution in [1.82, 2.24) is 10.3 Å². The van der Waals surface area contributed by atoms with E-state index in [1.807, 2.05) is 6.92 Å². The lowest BCUT2D eigenvalue weighted by molar-refractivity contribution is 0.594. The molecule has 2 nitrogen and oxygen atoms in total. The standard InChI is InChI=1S/C10H13FN2.2ClH/c1-7-9(5-8(11)6-13-7)10-3-2-4-12-10;;/h5-6,10,12H,2-4H2,1H3;2*1H/t10-;;/m1../s1. The summed E-state index contributed by atoms with van der Waals surface area (Å²) in [5.41, 5.74) is 1.94. The molecule has 15 heavy (non-hydrogen) atoms. The lowest BCUT2D eigenvalue weighted by atomic mass is 10.0. The molecule has 5 heteroatoms. The van der Waals surface area contributed by atoms with Gasteiger partial charge in [0.1, 0.15) is 5.82 Å². The number of aryl methyl sites for hydroxylation is 1. The predicted octanol–water partition coefficient (Wildman–Crippen LogP) is 2.80. The van der Waals surface area contributed by atoms with E-state index in [0.717, 1.165) is 24.2 Å². The first-order chi connectivity index (χ1) is 6.27. The molecule has 1 aliphatic heterocycles. The highest BCUT2D eigenvalue weighted by Gasteiger charge is 2.18. The van der Waals surface area contributed by atoms with E-state index in [1.165, 1.54) is 12.6 Å². The molecule has 1 aromatic heterocycles. The lowest BCUT2D eigenvalue weighted by Crippen LogP contribution is -2.14. The van der Waals surface area contributed by atoms with Crippen LogP contribution in [0.1, 0.15) is 30.1 Å². The molecular weight excluding hydrogens is 238 g/mol. The van der Waals surface area contributed by atoms with E-state index >= 15 is 0 Å². The van der Waals surface area contributed by atoms with Crippen LogP contribution in [0, 0.1) is 12.7 Å². The molecule has 1 N–H and O–H groups in total. The Morgan fingerprint density at radius 2 is 2.20 bits per heavy atom. The van der Waals surface area contributed by atoms with Gasteiger partial charge >= 0.3 is 0 Å². The van der Waals surface area contributed by atoms with Gasteiger partial charge in [-0.1, -0.05) is 0 Å². The van der Waals surface area contributed by atoms with Gasteiger partial charge in [0.25, 0.3) is 0 Å². The molecule has 0 aliphatic carbocycles. The summed E-state index contributed by atoms with van der Waals surface area (Å²) in [4.78, 5) is 4.01. The second-order valence-corrected chi connectivity index (χ2v) is 3.48. The van der Waals surface area contributed by atoms with Crippen LogP contribution >= 0.6 is 24.8 Å². The van der Waals surface area contributed by atoms with Gasteiger partial charge in [0.2, 0.25) is 0 Å². The fourth-order valence-electron chi connectivity index (χ4n) is 1.83. The number of aromatic nitrogens is 1. The van der Waals surface area contributed by atoms with Crippen LogP contribution in [0.25, 0.3) is 0 Å². The van der Waals surface area contributed by atoms with Crippen molar-refractivity contribution in [3.8, 4) is 0 Å². The van der Waals surface area contributed by atoms with Crippen molar-refractivity contribution in [2.45, 2.75) is 25.8 Å². The number of nitrogens with one attached hydrogen (secondary N) is 1. The molecule has 86 valence electrons. The molecule has 0 bridgehead atoms. The molecule has 0 spiro atoms. The minimum Gasteiger partial charge on any atom is -0.310 e. The Morgan fingerprint density at radius 3 is 2.80 bits per heavy atom. The molecule has 1 aliphatic rings. The summed E-state index contributed by atoms with van der Waals surface area (Å²) in [6, 6.07) is 1.90. The van der Waals surface area contributed by atoms with Crippen molar-refractivity contribution in [2.75, 3.05) is 6.54 Å². The molecule has 0 radical (unpaired) electrons. The van der Waals surface area contributed by atoms with Crippen molar-refractivity contribution in [3.05, 3.63) is 29.3 Å². The Kier molecular flexibility index (Phi) is 6.10. The minimum absolute atomic E-state index is 0. The van der Waals surface area contributed by atoms with Gasteiger partial charge in [-0.2, -0.15) is 0 Å². The van der Waals surface area contributed by atoms with Crippen molar-refractivity contribution >= 4 is 24.8 Å². The van der Waals surface area contributed by atoms with Crippen LogP contribution in [0.3, 0.4) is 0 Å². The zero-order chi connectivity index (χ0) is 9.26. The third-order valence-electron chi connectivity index (χ3n) is 2.53. The molecule has 0 unspecified atom stereocenters. The minimum atomic E-state index is -0.241. The summed E-state index contributed by atoms with van der Waals surface area (Å²) in [5.74, 6) is -0.241. The van der Waals surface area contributed by atoms with Gasteiger partial charge in [0, 0.05) is 11.7 Å². The maximum atomic E-state index is 12.9. The normalized spacial score (nSPS) is 19.2. The quantitative estimate of drug-likeness (QED) is 0.832. The van der Waals surface area contributed by atoms with Crippen LogP contribution in [0.15, 0.2) is 12.3 Å². The maximum Gasteiger partial charge on any atom is 0.141 e. The van der Waals surface area contributed by atoms with E-state index in [0.29, 0.717) is 6.04 Å². The number of hydrogen-bond donors (Lipinski definition) is 1. The Morgan fingerprint density at radius 1 is 1.47 bits per heavy atom. The summed E-state index contributed by atoms with van der Waals surface area (Å²) in [6.07, 6.45) is 3.53. The number of nitrogens with zero attached hydrogens (tertiary/aromatic N) is 1. The fraction of sp³-hybridized carbons (Fsp3) is 0.500.